The first-order valence-electron chi connectivity index (χ1n) is 9.35. The molecule has 0 bridgehead atoms. The number of aryl methyl sites for hydroxylation is 2. The quantitative estimate of drug-likeness (QED) is 0.709. The lowest BCUT2D eigenvalue weighted by molar-refractivity contribution is 0.0589. The number of ether oxygens (including phenoxy) is 1. The Morgan fingerprint density at radius 2 is 1.85 bits per heavy atom. The number of fused-ring (bicyclic) bond motifs is 1. The van der Waals surface area contributed by atoms with Crippen LogP contribution in [0.3, 0.4) is 0 Å². The summed E-state index contributed by atoms with van der Waals surface area (Å²) in [7, 11) is 0. The average molecular weight is 361 g/mol. The van der Waals surface area contributed by atoms with E-state index in [0.29, 0.717) is 19.0 Å². The fourth-order valence-electron chi connectivity index (χ4n) is 3.48. The number of carbonyl (C=O) groups is 1. The number of amides is 1. The third-order valence-electron chi connectivity index (χ3n) is 5.30. The largest absolute Gasteiger partial charge is 0.473 e. The van der Waals surface area contributed by atoms with Crippen molar-refractivity contribution in [1.82, 2.24) is 15.1 Å². The van der Waals surface area contributed by atoms with E-state index in [9.17, 15) is 4.79 Å². The maximum absolute atomic E-state index is 12.8. The molecule has 1 saturated heterocycles. The molecule has 27 heavy (non-hydrogen) atoms. The summed E-state index contributed by atoms with van der Waals surface area (Å²) in [6.07, 6.45) is 3.38. The Bertz CT molecular complexity index is 973. The first-order valence-corrected chi connectivity index (χ1v) is 9.35. The molecule has 2 aromatic carbocycles. The molecular formula is C22H23N3O2. The highest BCUT2D eigenvalue weighted by Crippen LogP contribution is 2.25. The van der Waals surface area contributed by atoms with Crippen molar-refractivity contribution in [2.45, 2.75) is 32.8 Å². The van der Waals surface area contributed by atoms with Crippen molar-refractivity contribution in [1.29, 1.82) is 0 Å². The molecule has 1 fully saturated rings. The van der Waals surface area contributed by atoms with Crippen LogP contribution in [0, 0.1) is 13.8 Å². The van der Waals surface area contributed by atoms with E-state index in [1.807, 2.05) is 54.3 Å². The minimum absolute atomic E-state index is 0.0499. The van der Waals surface area contributed by atoms with E-state index in [4.69, 9.17) is 4.74 Å². The van der Waals surface area contributed by atoms with Gasteiger partial charge in [-0.05, 0) is 43.2 Å². The first kappa shape index (κ1) is 17.5. The number of likely N-dealkylation sites (tertiary alicyclic amines) is 1. The second-order valence-corrected chi connectivity index (χ2v) is 7.15. The maximum Gasteiger partial charge on any atom is 0.253 e. The summed E-state index contributed by atoms with van der Waals surface area (Å²) >= 11 is 0. The lowest BCUT2D eigenvalue weighted by atomic mass is 10.0. The molecule has 1 aliphatic rings. The number of hydrogen-bond acceptors (Lipinski definition) is 4. The van der Waals surface area contributed by atoms with Gasteiger partial charge in [-0.1, -0.05) is 24.3 Å². The molecule has 138 valence electrons. The van der Waals surface area contributed by atoms with E-state index in [-0.39, 0.29) is 12.0 Å². The molecule has 1 amide bonds. The highest BCUT2D eigenvalue weighted by atomic mass is 16.5. The smallest absolute Gasteiger partial charge is 0.253 e. The van der Waals surface area contributed by atoms with Crippen LogP contribution in [0.2, 0.25) is 0 Å². The Morgan fingerprint density at radius 1 is 1.07 bits per heavy atom. The van der Waals surface area contributed by atoms with E-state index in [2.05, 4.69) is 17.1 Å². The number of piperidine rings is 1. The predicted octanol–water partition coefficient (Wildman–Crippen LogP) is 3.93. The van der Waals surface area contributed by atoms with Gasteiger partial charge in [-0.2, -0.15) is 5.10 Å². The zero-order valence-corrected chi connectivity index (χ0v) is 15.7. The monoisotopic (exact) mass is 361 g/mol. The molecule has 0 aliphatic carbocycles. The van der Waals surface area contributed by atoms with Gasteiger partial charge in [0.05, 0.1) is 6.20 Å². The highest BCUT2D eigenvalue weighted by molar-refractivity contribution is 5.94. The normalized spacial score (nSPS) is 15.1. The van der Waals surface area contributed by atoms with Crippen molar-refractivity contribution in [3.8, 4) is 5.88 Å². The van der Waals surface area contributed by atoms with Crippen LogP contribution in [-0.2, 0) is 0 Å². The molecular weight excluding hydrogens is 338 g/mol. The molecule has 0 radical (unpaired) electrons. The molecule has 1 aliphatic heterocycles. The van der Waals surface area contributed by atoms with E-state index < -0.39 is 0 Å². The molecule has 5 nitrogen and oxygen atoms in total. The van der Waals surface area contributed by atoms with Gasteiger partial charge in [0.2, 0.25) is 5.88 Å². The maximum atomic E-state index is 12.8. The highest BCUT2D eigenvalue weighted by Gasteiger charge is 2.25. The number of aromatic nitrogens is 2. The topological polar surface area (TPSA) is 55.3 Å². The fourth-order valence-corrected chi connectivity index (χ4v) is 3.48. The summed E-state index contributed by atoms with van der Waals surface area (Å²) in [6, 6.07) is 13.9. The third kappa shape index (κ3) is 3.63. The second-order valence-electron chi connectivity index (χ2n) is 7.15. The lowest BCUT2D eigenvalue weighted by Gasteiger charge is -2.32. The standard InChI is InChI=1S/C22H23N3O2/c1-15-7-8-17(13-16(15)2)22(26)25-11-9-19(10-12-25)27-21-20-6-4-3-5-18(20)14-23-24-21/h3-8,13-14,19H,9-12H2,1-2H3. The zero-order valence-electron chi connectivity index (χ0n) is 15.7. The Kier molecular flexibility index (Phi) is 4.75. The Hall–Kier alpha value is -2.95. The van der Waals surface area contributed by atoms with E-state index in [1.54, 1.807) is 6.20 Å². The lowest BCUT2D eigenvalue weighted by Crippen LogP contribution is -2.41. The molecule has 3 aromatic rings. The van der Waals surface area contributed by atoms with Gasteiger partial charge in [0, 0.05) is 42.3 Å². The minimum atomic E-state index is 0.0499. The predicted molar refractivity (Wildman–Crippen MR) is 105 cm³/mol. The first-order chi connectivity index (χ1) is 13.1. The SMILES string of the molecule is Cc1ccc(C(=O)N2CCC(Oc3nncc4ccccc34)CC2)cc1C. The third-order valence-corrected chi connectivity index (χ3v) is 5.30. The molecule has 0 atom stereocenters. The van der Waals surface area contributed by atoms with Crippen LogP contribution in [0.1, 0.15) is 34.3 Å². The minimum Gasteiger partial charge on any atom is -0.473 e. The summed E-state index contributed by atoms with van der Waals surface area (Å²) in [4.78, 5) is 14.7. The van der Waals surface area contributed by atoms with Crippen LogP contribution in [0.15, 0.2) is 48.7 Å². The fraction of sp³-hybridized carbons (Fsp3) is 0.318. The average Bonchev–Trinajstić information content (AvgIpc) is 2.70. The molecule has 5 heteroatoms. The van der Waals surface area contributed by atoms with Gasteiger partial charge < -0.3 is 9.64 Å². The summed E-state index contributed by atoms with van der Waals surface area (Å²) in [5.74, 6) is 0.675. The molecule has 1 aromatic heterocycles. The molecule has 0 unspecified atom stereocenters. The van der Waals surface area contributed by atoms with E-state index >= 15 is 0 Å². The van der Waals surface area contributed by atoms with Gasteiger partial charge in [-0.3, -0.25) is 4.79 Å². The Labute approximate surface area is 159 Å². The van der Waals surface area contributed by atoms with Crippen LogP contribution in [0.25, 0.3) is 10.8 Å². The van der Waals surface area contributed by atoms with E-state index in [1.165, 1.54) is 5.56 Å². The summed E-state index contributed by atoms with van der Waals surface area (Å²) in [6.45, 7) is 5.48. The number of hydrogen-bond donors (Lipinski definition) is 0. The van der Waals surface area contributed by atoms with Crippen LogP contribution in [-0.4, -0.2) is 40.2 Å². The van der Waals surface area contributed by atoms with Crippen molar-refractivity contribution in [3.63, 3.8) is 0 Å². The molecule has 0 saturated carbocycles. The zero-order chi connectivity index (χ0) is 18.8. The van der Waals surface area contributed by atoms with Crippen molar-refractivity contribution in [2.75, 3.05) is 13.1 Å². The van der Waals surface area contributed by atoms with Crippen LogP contribution < -0.4 is 4.74 Å². The van der Waals surface area contributed by atoms with Gasteiger partial charge in [0.15, 0.2) is 0 Å². The van der Waals surface area contributed by atoms with Crippen molar-refractivity contribution >= 4 is 16.7 Å². The Balaban J connectivity index is 1.41. The van der Waals surface area contributed by atoms with Crippen molar-refractivity contribution < 1.29 is 9.53 Å². The Morgan fingerprint density at radius 3 is 2.63 bits per heavy atom. The number of carbonyl (C=O) groups excluding carboxylic acids is 1. The number of rotatable bonds is 3. The van der Waals surface area contributed by atoms with Crippen LogP contribution in [0.5, 0.6) is 5.88 Å². The molecule has 2 heterocycles. The van der Waals surface area contributed by atoms with E-state index in [0.717, 1.165) is 34.7 Å². The van der Waals surface area contributed by atoms with Gasteiger partial charge in [0.25, 0.3) is 5.91 Å². The van der Waals surface area contributed by atoms with Gasteiger partial charge in [-0.15, -0.1) is 5.10 Å². The second kappa shape index (κ2) is 7.35. The molecule has 0 spiro atoms. The van der Waals surface area contributed by atoms with Gasteiger partial charge in [0.1, 0.15) is 6.10 Å². The number of benzene rings is 2. The van der Waals surface area contributed by atoms with Crippen LogP contribution in [0.4, 0.5) is 0 Å². The van der Waals surface area contributed by atoms with Crippen molar-refractivity contribution in [3.05, 3.63) is 65.4 Å². The summed E-state index contributed by atoms with van der Waals surface area (Å²) in [5, 5.41) is 10.2. The van der Waals surface area contributed by atoms with Crippen molar-refractivity contribution in [2.24, 2.45) is 0 Å². The van der Waals surface area contributed by atoms with Gasteiger partial charge in [-0.25, -0.2) is 0 Å². The molecule has 4 rings (SSSR count). The number of nitrogens with zero attached hydrogens (tertiary/aromatic N) is 3. The van der Waals surface area contributed by atoms with Gasteiger partial charge >= 0.3 is 0 Å². The summed E-state index contributed by atoms with van der Waals surface area (Å²) in [5.41, 5.74) is 3.11. The molecule has 0 N–H and O–H groups in total. The summed E-state index contributed by atoms with van der Waals surface area (Å²) < 4.78 is 6.13. The van der Waals surface area contributed by atoms with Crippen LogP contribution >= 0.6 is 0 Å².